The monoisotopic (exact) mass is 347 g/mol. The van der Waals surface area contributed by atoms with Crippen molar-refractivity contribution < 1.29 is 9.59 Å². The van der Waals surface area contributed by atoms with E-state index in [1.54, 1.807) is 0 Å². The Kier molecular flexibility index (Phi) is 4.87. The molecule has 1 N–H and O–H groups in total. The van der Waals surface area contributed by atoms with Crippen molar-refractivity contribution in [2.45, 2.75) is 38.1 Å². The number of carbonyl (C=O) groups is 2. The van der Waals surface area contributed by atoms with Crippen LogP contribution in [-0.4, -0.2) is 11.7 Å². The Morgan fingerprint density at radius 2 is 1.35 bits per heavy atom. The number of ketones is 1. The fraction of sp³-hybridized carbons (Fsp3) is 0.391. The van der Waals surface area contributed by atoms with Crippen molar-refractivity contribution in [2.75, 3.05) is 0 Å². The van der Waals surface area contributed by atoms with Gasteiger partial charge < -0.3 is 5.32 Å². The molecule has 3 heteroatoms. The topological polar surface area (TPSA) is 46.2 Å². The summed E-state index contributed by atoms with van der Waals surface area (Å²) in [6.45, 7) is 0. The second kappa shape index (κ2) is 7.45. The molecular weight excluding hydrogens is 322 g/mol. The van der Waals surface area contributed by atoms with Crippen molar-refractivity contribution >= 4 is 11.7 Å². The number of carbonyl (C=O) groups excluding carboxylic acids is 2. The van der Waals surface area contributed by atoms with Crippen LogP contribution in [0.25, 0.3) is 0 Å². The average Bonchev–Trinajstić information content (AvgIpc) is 2.67. The zero-order valence-corrected chi connectivity index (χ0v) is 14.9. The fourth-order valence-electron chi connectivity index (χ4n) is 4.60. The van der Waals surface area contributed by atoms with Gasteiger partial charge in [0.05, 0.1) is 6.04 Å². The second-order valence-corrected chi connectivity index (χ2v) is 7.66. The summed E-state index contributed by atoms with van der Waals surface area (Å²) < 4.78 is 0. The summed E-state index contributed by atoms with van der Waals surface area (Å²) in [4.78, 5) is 25.4. The second-order valence-electron chi connectivity index (χ2n) is 7.66. The normalized spacial score (nSPS) is 25.1. The molecule has 1 amide bonds. The third-order valence-electron chi connectivity index (χ3n) is 5.97. The molecule has 2 saturated carbocycles. The van der Waals surface area contributed by atoms with Crippen LogP contribution in [0.2, 0.25) is 0 Å². The first-order valence-electron chi connectivity index (χ1n) is 9.66. The largest absolute Gasteiger partial charge is 0.345 e. The third kappa shape index (κ3) is 3.44. The van der Waals surface area contributed by atoms with Crippen molar-refractivity contribution in [2.24, 2.45) is 17.8 Å². The Morgan fingerprint density at radius 3 is 1.85 bits per heavy atom. The molecule has 0 saturated heterocycles. The van der Waals surface area contributed by atoms with Gasteiger partial charge in [-0.05, 0) is 36.8 Å². The van der Waals surface area contributed by atoms with E-state index in [1.165, 1.54) is 0 Å². The average molecular weight is 347 g/mol. The summed E-state index contributed by atoms with van der Waals surface area (Å²) in [7, 11) is 0. The number of rotatable bonds is 4. The van der Waals surface area contributed by atoms with Gasteiger partial charge in [-0.25, -0.2) is 0 Å². The predicted molar refractivity (Wildman–Crippen MR) is 101 cm³/mol. The van der Waals surface area contributed by atoms with Crippen LogP contribution in [0.5, 0.6) is 0 Å². The molecule has 4 rings (SSSR count). The number of Topliss-reactive ketones (excluding diaryl/α,β-unsaturated/α-hetero) is 1. The Bertz CT molecular complexity index is 716. The lowest BCUT2D eigenvalue weighted by atomic mass is 9.67. The Morgan fingerprint density at radius 1 is 0.846 bits per heavy atom. The van der Waals surface area contributed by atoms with Gasteiger partial charge in [-0.1, -0.05) is 67.1 Å². The van der Waals surface area contributed by atoms with E-state index < -0.39 is 0 Å². The van der Waals surface area contributed by atoms with Gasteiger partial charge in [0.15, 0.2) is 0 Å². The van der Waals surface area contributed by atoms with Gasteiger partial charge in [0.1, 0.15) is 5.78 Å². The van der Waals surface area contributed by atoms with Gasteiger partial charge in [-0.15, -0.1) is 0 Å². The van der Waals surface area contributed by atoms with Crippen molar-refractivity contribution in [3.05, 3.63) is 71.8 Å². The molecule has 3 nitrogen and oxygen atoms in total. The van der Waals surface area contributed by atoms with Crippen LogP contribution in [0.15, 0.2) is 60.7 Å². The van der Waals surface area contributed by atoms with Crippen molar-refractivity contribution in [3.63, 3.8) is 0 Å². The highest BCUT2D eigenvalue weighted by atomic mass is 16.2. The maximum atomic E-state index is 13.1. The Labute approximate surface area is 154 Å². The first-order valence-corrected chi connectivity index (χ1v) is 9.66. The Hall–Kier alpha value is -2.42. The maximum Gasteiger partial charge on any atom is 0.223 e. The summed E-state index contributed by atoms with van der Waals surface area (Å²) in [6, 6.07) is 20.0. The molecule has 2 aromatic rings. The standard InChI is InChI=1S/C23H25NO2/c25-22-18-12-7-13-19(22)15-20(14-18)23(26)24-21(16-8-3-1-4-9-16)17-10-5-2-6-11-17/h1-6,8-11,18-21H,7,12-15H2,(H,24,26)/t18-,19-/m0/s1. The maximum absolute atomic E-state index is 13.1. The number of amides is 1. The first kappa shape index (κ1) is 17.0. The summed E-state index contributed by atoms with van der Waals surface area (Å²) in [5, 5.41) is 3.27. The lowest BCUT2D eigenvalue weighted by molar-refractivity contribution is -0.137. The molecule has 0 aliphatic heterocycles. The van der Waals surface area contributed by atoms with E-state index in [4.69, 9.17) is 0 Å². The number of hydrogen-bond acceptors (Lipinski definition) is 2. The lowest BCUT2D eigenvalue weighted by Crippen LogP contribution is -2.43. The number of benzene rings is 2. The molecule has 26 heavy (non-hydrogen) atoms. The molecular formula is C23H25NO2. The van der Waals surface area contributed by atoms with Crippen LogP contribution >= 0.6 is 0 Å². The molecule has 0 unspecified atom stereocenters. The van der Waals surface area contributed by atoms with Gasteiger partial charge in [0, 0.05) is 17.8 Å². The zero-order chi connectivity index (χ0) is 17.9. The molecule has 2 atom stereocenters. The van der Waals surface area contributed by atoms with E-state index >= 15 is 0 Å². The van der Waals surface area contributed by atoms with E-state index in [0.29, 0.717) is 5.78 Å². The van der Waals surface area contributed by atoms with Gasteiger partial charge in [0.2, 0.25) is 5.91 Å². The van der Waals surface area contributed by atoms with E-state index in [1.807, 2.05) is 36.4 Å². The molecule has 134 valence electrons. The van der Waals surface area contributed by atoms with Crippen LogP contribution < -0.4 is 5.32 Å². The van der Waals surface area contributed by atoms with Crippen LogP contribution in [0.3, 0.4) is 0 Å². The third-order valence-corrected chi connectivity index (χ3v) is 5.97. The van der Waals surface area contributed by atoms with Gasteiger partial charge >= 0.3 is 0 Å². The van der Waals surface area contributed by atoms with E-state index in [-0.39, 0.29) is 29.7 Å². The molecule has 2 aliphatic carbocycles. The molecule has 0 heterocycles. The minimum atomic E-state index is -0.151. The minimum Gasteiger partial charge on any atom is -0.345 e. The molecule has 0 spiro atoms. The zero-order valence-electron chi connectivity index (χ0n) is 14.9. The van der Waals surface area contributed by atoms with E-state index in [2.05, 4.69) is 29.6 Å². The SMILES string of the molecule is O=C(NC(c1ccccc1)c1ccccc1)C1C[C@@H]2CCC[C@@H](C1)C2=O. The fourth-order valence-corrected chi connectivity index (χ4v) is 4.60. The highest BCUT2D eigenvalue weighted by Gasteiger charge is 2.41. The number of hydrogen-bond donors (Lipinski definition) is 1. The molecule has 2 bridgehead atoms. The van der Waals surface area contributed by atoms with Crippen molar-refractivity contribution in [1.29, 1.82) is 0 Å². The van der Waals surface area contributed by atoms with Crippen LogP contribution in [0, 0.1) is 17.8 Å². The molecule has 2 aliphatic rings. The quantitative estimate of drug-likeness (QED) is 0.897. The van der Waals surface area contributed by atoms with Crippen LogP contribution in [0.4, 0.5) is 0 Å². The molecule has 0 aromatic heterocycles. The highest BCUT2D eigenvalue weighted by Crippen LogP contribution is 2.40. The van der Waals surface area contributed by atoms with Gasteiger partial charge in [0.25, 0.3) is 0 Å². The molecule has 0 radical (unpaired) electrons. The van der Waals surface area contributed by atoms with Gasteiger partial charge in [-0.2, -0.15) is 0 Å². The summed E-state index contributed by atoms with van der Waals surface area (Å²) in [6.07, 6.45) is 4.49. The van der Waals surface area contributed by atoms with Gasteiger partial charge in [-0.3, -0.25) is 9.59 Å². The molecule has 2 aromatic carbocycles. The summed E-state index contributed by atoms with van der Waals surface area (Å²) in [5.41, 5.74) is 2.17. The lowest BCUT2D eigenvalue weighted by Gasteiger charge is -2.37. The summed E-state index contributed by atoms with van der Waals surface area (Å²) >= 11 is 0. The van der Waals surface area contributed by atoms with E-state index in [9.17, 15) is 9.59 Å². The minimum absolute atomic E-state index is 0.0436. The smallest absolute Gasteiger partial charge is 0.223 e. The predicted octanol–water partition coefficient (Wildman–Crippen LogP) is 4.29. The first-order chi connectivity index (χ1) is 12.7. The van der Waals surface area contributed by atoms with E-state index in [0.717, 1.165) is 43.2 Å². The van der Waals surface area contributed by atoms with Crippen molar-refractivity contribution in [1.82, 2.24) is 5.32 Å². The molecule has 2 fully saturated rings. The van der Waals surface area contributed by atoms with Crippen LogP contribution in [-0.2, 0) is 9.59 Å². The Balaban J connectivity index is 1.54. The highest BCUT2D eigenvalue weighted by molar-refractivity contribution is 5.88. The van der Waals surface area contributed by atoms with Crippen LogP contribution in [0.1, 0.15) is 49.3 Å². The number of nitrogens with one attached hydrogen (secondary N) is 1. The van der Waals surface area contributed by atoms with Crippen molar-refractivity contribution in [3.8, 4) is 0 Å². The number of fused-ring (bicyclic) bond motifs is 2. The summed E-state index contributed by atoms with van der Waals surface area (Å²) in [5.74, 6) is 0.656.